The van der Waals surface area contributed by atoms with Gasteiger partial charge in [0.15, 0.2) is 0 Å². The van der Waals surface area contributed by atoms with Gasteiger partial charge in [-0.2, -0.15) is 10.2 Å². The Balaban J connectivity index is 2.48. The van der Waals surface area contributed by atoms with Gasteiger partial charge < -0.3 is 0 Å². The maximum absolute atomic E-state index is 4.07. The van der Waals surface area contributed by atoms with Crippen LogP contribution >= 0.6 is 0 Å². The van der Waals surface area contributed by atoms with E-state index < -0.39 is 0 Å². The molecule has 4 rings (SSSR count). The zero-order valence-electron chi connectivity index (χ0n) is 8.92. The summed E-state index contributed by atoms with van der Waals surface area (Å²) < 4.78 is 0. The quantitative estimate of drug-likeness (QED) is 0.417. The van der Waals surface area contributed by atoms with E-state index in [1.807, 2.05) is 19.1 Å². The highest BCUT2D eigenvalue weighted by atomic mass is 15.2. The molecule has 3 heterocycles. The average Bonchev–Trinajstić information content (AvgIpc) is 2.38. The molecule has 0 atom stereocenters. The first-order valence-corrected chi connectivity index (χ1v) is 5.18. The van der Waals surface area contributed by atoms with Crippen LogP contribution < -0.4 is 0 Å². The van der Waals surface area contributed by atoms with E-state index in [0.29, 0.717) is 11.3 Å². The largest absolute Gasteiger partial charge is 0.205 e. The van der Waals surface area contributed by atoms with Gasteiger partial charge in [0.1, 0.15) is 0 Å². The van der Waals surface area contributed by atoms with Crippen LogP contribution in [0.4, 0.5) is 0 Å². The molecule has 3 aromatic heterocycles. The predicted octanol–water partition coefficient (Wildman–Crippen LogP) is 1.26. The zero-order valence-corrected chi connectivity index (χ0v) is 8.92. The molecule has 6 nitrogen and oxygen atoms in total. The second kappa shape index (κ2) is 2.79. The van der Waals surface area contributed by atoms with Crippen molar-refractivity contribution in [3.63, 3.8) is 0 Å². The number of rotatable bonds is 0. The van der Waals surface area contributed by atoms with Crippen LogP contribution in [0.15, 0.2) is 18.3 Å². The molecule has 0 fully saturated rings. The Bertz CT molecular complexity index is 840. The molecule has 0 N–H and O–H groups in total. The minimum atomic E-state index is 0.549. The second-order valence-corrected chi connectivity index (χ2v) is 3.93. The van der Waals surface area contributed by atoms with Crippen LogP contribution in [-0.2, 0) is 0 Å². The summed E-state index contributed by atoms with van der Waals surface area (Å²) in [6.07, 6.45) is 1.72. The first-order chi connectivity index (χ1) is 8.34. The van der Waals surface area contributed by atoms with Crippen molar-refractivity contribution in [3.05, 3.63) is 24.0 Å². The SMILES string of the molecule is Cc1nnc2nnc3nncc4ccc1c2c43. The van der Waals surface area contributed by atoms with E-state index >= 15 is 0 Å². The van der Waals surface area contributed by atoms with Crippen molar-refractivity contribution in [2.75, 3.05) is 0 Å². The fourth-order valence-corrected chi connectivity index (χ4v) is 2.16. The van der Waals surface area contributed by atoms with Gasteiger partial charge in [0.05, 0.1) is 11.9 Å². The highest BCUT2D eigenvalue weighted by Gasteiger charge is 2.13. The molecule has 0 saturated carbocycles. The monoisotopic (exact) mass is 222 g/mol. The van der Waals surface area contributed by atoms with Crippen LogP contribution in [0.5, 0.6) is 0 Å². The van der Waals surface area contributed by atoms with Gasteiger partial charge in [0.25, 0.3) is 0 Å². The van der Waals surface area contributed by atoms with Crippen molar-refractivity contribution in [1.82, 2.24) is 30.6 Å². The van der Waals surface area contributed by atoms with Crippen LogP contribution in [0, 0.1) is 6.92 Å². The molecule has 0 radical (unpaired) electrons. The van der Waals surface area contributed by atoms with Crippen molar-refractivity contribution in [1.29, 1.82) is 0 Å². The number of hydrogen-bond acceptors (Lipinski definition) is 6. The molecule has 0 unspecified atom stereocenters. The lowest BCUT2D eigenvalue weighted by Gasteiger charge is -2.07. The maximum atomic E-state index is 4.07. The third-order valence-electron chi connectivity index (χ3n) is 2.96. The number of aromatic nitrogens is 6. The Morgan fingerprint density at radius 1 is 0.824 bits per heavy atom. The second-order valence-electron chi connectivity index (χ2n) is 3.93. The molecule has 1 aromatic carbocycles. The molecule has 0 aliphatic rings. The Labute approximate surface area is 95.0 Å². The summed E-state index contributed by atoms with van der Waals surface area (Å²) in [6, 6.07) is 4.01. The standard InChI is InChI=1S/C11H6N6/c1-5-7-3-2-6-4-12-14-10-8(6)9(7)11(15-13-5)17-16-10/h2-4H,1H3. The van der Waals surface area contributed by atoms with Crippen molar-refractivity contribution in [2.45, 2.75) is 6.92 Å². The third-order valence-corrected chi connectivity index (χ3v) is 2.96. The summed E-state index contributed by atoms with van der Waals surface area (Å²) in [5, 5.41) is 28.0. The van der Waals surface area contributed by atoms with E-state index in [4.69, 9.17) is 0 Å². The summed E-state index contributed by atoms with van der Waals surface area (Å²) in [4.78, 5) is 0. The fourth-order valence-electron chi connectivity index (χ4n) is 2.16. The van der Waals surface area contributed by atoms with Crippen LogP contribution in [0.1, 0.15) is 5.69 Å². The summed E-state index contributed by atoms with van der Waals surface area (Å²) in [7, 11) is 0. The normalized spacial score (nSPS) is 11.8. The molecule has 0 saturated heterocycles. The van der Waals surface area contributed by atoms with Gasteiger partial charge in [0, 0.05) is 21.5 Å². The lowest BCUT2D eigenvalue weighted by molar-refractivity contribution is 0.962. The maximum Gasteiger partial charge on any atom is 0.205 e. The molecule has 0 bridgehead atoms. The molecule has 0 amide bonds. The number of hydrogen-bond donors (Lipinski definition) is 0. The van der Waals surface area contributed by atoms with Gasteiger partial charge in [-0.1, -0.05) is 12.1 Å². The Kier molecular flexibility index (Phi) is 1.42. The van der Waals surface area contributed by atoms with Gasteiger partial charge >= 0.3 is 0 Å². The number of nitrogens with zero attached hydrogens (tertiary/aromatic N) is 6. The van der Waals surface area contributed by atoms with Crippen LogP contribution in [0.3, 0.4) is 0 Å². The molecule has 0 aliphatic carbocycles. The van der Waals surface area contributed by atoms with Crippen molar-refractivity contribution in [2.24, 2.45) is 0 Å². The van der Waals surface area contributed by atoms with Gasteiger partial charge in [-0.25, -0.2) is 0 Å². The van der Waals surface area contributed by atoms with Crippen LogP contribution in [0.2, 0.25) is 0 Å². The van der Waals surface area contributed by atoms with Gasteiger partial charge in [0.2, 0.25) is 11.3 Å². The first-order valence-electron chi connectivity index (χ1n) is 5.18. The molecule has 0 spiro atoms. The number of benzene rings is 1. The van der Waals surface area contributed by atoms with Gasteiger partial charge in [-0.05, 0) is 6.92 Å². The molecule has 80 valence electrons. The van der Waals surface area contributed by atoms with Crippen molar-refractivity contribution in [3.8, 4) is 0 Å². The zero-order chi connectivity index (χ0) is 11.4. The van der Waals surface area contributed by atoms with Crippen LogP contribution in [0.25, 0.3) is 32.8 Å². The Morgan fingerprint density at radius 2 is 1.59 bits per heavy atom. The molecule has 0 aliphatic heterocycles. The van der Waals surface area contributed by atoms with Crippen LogP contribution in [-0.4, -0.2) is 30.6 Å². The van der Waals surface area contributed by atoms with Gasteiger partial charge in [-0.15, -0.1) is 20.4 Å². The van der Waals surface area contributed by atoms with E-state index in [1.54, 1.807) is 6.20 Å². The molecule has 6 heteroatoms. The fraction of sp³-hybridized carbons (Fsp3) is 0.0909. The molecule has 17 heavy (non-hydrogen) atoms. The van der Waals surface area contributed by atoms with E-state index in [9.17, 15) is 0 Å². The van der Waals surface area contributed by atoms with E-state index in [0.717, 1.165) is 27.2 Å². The Hall–Kier alpha value is -2.50. The molecular weight excluding hydrogens is 216 g/mol. The number of aryl methyl sites for hydroxylation is 1. The minimum Gasteiger partial charge on any atom is -0.156 e. The lowest BCUT2D eigenvalue weighted by atomic mass is 10.0. The molecular formula is C11H6N6. The predicted molar refractivity (Wildman–Crippen MR) is 61.7 cm³/mol. The van der Waals surface area contributed by atoms with Crippen molar-refractivity contribution < 1.29 is 0 Å². The third kappa shape index (κ3) is 0.988. The van der Waals surface area contributed by atoms with Crippen molar-refractivity contribution >= 4 is 32.8 Å². The summed E-state index contributed by atoms with van der Waals surface area (Å²) in [5.41, 5.74) is 1.98. The first kappa shape index (κ1) is 8.63. The minimum absolute atomic E-state index is 0.549. The summed E-state index contributed by atoms with van der Waals surface area (Å²) in [5.74, 6) is 0. The van der Waals surface area contributed by atoms with E-state index in [1.165, 1.54) is 0 Å². The smallest absolute Gasteiger partial charge is 0.156 e. The lowest BCUT2D eigenvalue weighted by Crippen LogP contribution is -1.99. The summed E-state index contributed by atoms with van der Waals surface area (Å²) >= 11 is 0. The topological polar surface area (TPSA) is 77.3 Å². The van der Waals surface area contributed by atoms with Gasteiger partial charge in [-0.3, -0.25) is 0 Å². The van der Waals surface area contributed by atoms with E-state index in [2.05, 4.69) is 30.6 Å². The Morgan fingerprint density at radius 3 is 2.47 bits per heavy atom. The molecule has 4 aromatic rings. The average molecular weight is 222 g/mol. The summed E-state index contributed by atoms with van der Waals surface area (Å²) in [6.45, 7) is 1.93. The van der Waals surface area contributed by atoms with E-state index in [-0.39, 0.29) is 0 Å². The highest BCUT2D eigenvalue weighted by molar-refractivity contribution is 6.18. The highest BCUT2D eigenvalue weighted by Crippen LogP contribution is 2.30.